The lowest BCUT2D eigenvalue weighted by Gasteiger charge is -2.26. The molecule has 0 N–H and O–H groups in total. The number of oxazole rings is 1. The number of nitrogens with zero attached hydrogens (tertiary/aromatic N) is 2. The van der Waals surface area contributed by atoms with Crippen molar-refractivity contribution in [3.8, 4) is 33.7 Å². The van der Waals surface area contributed by atoms with Crippen LogP contribution in [0.15, 0.2) is 191 Å². The summed E-state index contributed by atoms with van der Waals surface area (Å²) in [6, 6.07) is 63.5. The van der Waals surface area contributed by atoms with E-state index in [1.807, 2.05) is 48.5 Å². The minimum absolute atomic E-state index is 0.592. The average Bonchev–Trinajstić information content (AvgIpc) is 3.79. The zero-order valence-electron chi connectivity index (χ0n) is 27.5. The Hall–Kier alpha value is -6.91. The van der Waals surface area contributed by atoms with E-state index in [-0.39, 0.29) is 0 Å². The zero-order valence-corrected chi connectivity index (χ0v) is 27.5. The Balaban J connectivity index is 1.13. The molecule has 8 aromatic carbocycles. The maximum Gasteiger partial charge on any atom is 0.227 e. The van der Waals surface area contributed by atoms with Gasteiger partial charge in [-0.2, -0.15) is 0 Å². The predicted molar refractivity (Wildman–Crippen MR) is 210 cm³/mol. The van der Waals surface area contributed by atoms with Crippen LogP contribution in [0.25, 0.3) is 77.5 Å². The monoisotopic (exact) mass is 654 g/mol. The fourth-order valence-electron chi connectivity index (χ4n) is 7.15. The van der Waals surface area contributed by atoms with Crippen LogP contribution < -0.4 is 4.90 Å². The van der Waals surface area contributed by atoms with Crippen molar-refractivity contribution in [3.63, 3.8) is 0 Å². The molecule has 0 saturated carbocycles. The normalized spacial score (nSPS) is 11.5. The summed E-state index contributed by atoms with van der Waals surface area (Å²) in [7, 11) is 0. The highest BCUT2D eigenvalue weighted by molar-refractivity contribution is 6.15. The maximum absolute atomic E-state index is 6.51. The summed E-state index contributed by atoms with van der Waals surface area (Å²) in [4.78, 5) is 7.20. The van der Waals surface area contributed by atoms with Gasteiger partial charge in [-0.1, -0.05) is 115 Å². The highest BCUT2D eigenvalue weighted by Crippen LogP contribution is 2.44. The van der Waals surface area contributed by atoms with E-state index < -0.39 is 0 Å². The molecule has 4 nitrogen and oxygen atoms in total. The number of fused-ring (bicyclic) bond motifs is 5. The minimum Gasteiger partial charge on any atom is -0.456 e. The van der Waals surface area contributed by atoms with Gasteiger partial charge in [0.05, 0.1) is 11.1 Å². The van der Waals surface area contributed by atoms with Crippen molar-refractivity contribution >= 4 is 60.9 Å². The van der Waals surface area contributed by atoms with Gasteiger partial charge in [-0.25, -0.2) is 4.98 Å². The lowest BCUT2D eigenvalue weighted by atomic mass is 10.0. The average molecular weight is 655 g/mol. The van der Waals surface area contributed by atoms with E-state index in [1.165, 1.54) is 33.0 Å². The van der Waals surface area contributed by atoms with Gasteiger partial charge in [-0.3, -0.25) is 0 Å². The van der Waals surface area contributed by atoms with Crippen LogP contribution in [-0.4, -0.2) is 4.98 Å². The predicted octanol–water partition coefficient (Wildman–Crippen LogP) is 13.4. The summed E-state index contributed by atoms with van der Waals surface area (Å²) in [5, 5.41) is 4.47. The van der Waals surface area contributed by atoms with Crippen molar-refractivity contribution in [2.45, 2.75) is 0 Å². The summed E-state index contributed by atoms with van der Waals surface area (Å²) in [5.41, 5.74) is 11.8. The van der Waals surface area contributed by atoms with E-state index in [4.69, 9.17) is 13.8 Å². The van der Waals surface area contributed by atoms with Crippen LogP contribution in [0.3, 0.4) is 0 Å². The second-order valence-corrected chi connectivity index (χ2v) is 12.8. The van der Waals surface area contributed by atoms with Crippen LogP contribution in [0.5, 0.6) is 0 Å². The lowest BCUT2D eigenvalue weighted by Crippen LogP contribution is -2.10. The van der Waals surface area contributed by atoms with E-state index in [2.05, 4.69) is 138 Å². The molecule has 0 fully saturated rings. The Morgan fingerprint density at radius 2 is 1.00 bits per heavy atom. The number of furan rings is 1. The molecule has 10 aromatic rings. The molecular weight excluding hydrogens is 625 g/mol. The van der Waals surface area contributed by atoms with Crippen molar-refractivity contribution in [3.05, 3.63) is 182 Å². The largest absolute Gasteiger partial charge is 0.456 e. The topological polar surface area (TPSA) is 42.4 Å². The standard InChI is InChI=1S/C47H30N2O2/c1-3-10-31(11-4-1)33-20-24-38(25-21-33)49(39-26-22-34(23-27-39)37-19-18-32-12-7-8-15-36(32)28-37)42-16-9-17-43-46(42)40-29-41-45(30-44(40)50-43)51-47(48-41)35-13-5-2-6-14-35/h1-30H. The number of aromatic nitrogens is 1. The van der Waals surface area contributed by atoms with Gasteiger partial charge >= 0.3 is 0 Å². The van der Waals surface area contributed by atoms with Crippen LogP contribution >= 0.6 is 0 Å². The molecule has 0 unspecified atom stereocenters. The van der Waals surface area contributed by atoms with E-state index in [9.17, 15) is 0 Å². The molecule has 0 radical (unpaired) electrons. The summed E-state index contributed by atoms with van der Waals surface area (Å²) in [5.74, 6) is 0.592. The molecule has 2 aromatic heterocycles. The second-order valence-electron chi connectivity index (χ2n) is 12.8. The Labute approximate surface area is 294 Å². The number of hydrogen-bond donors (Lipinski definition) is 0. The molecule has 2 heterocycles. The lowest BCUT2D eigenvalue weighted by molar-refractivity contribution is 0.617. The summed E-state index contributed by atoms with van der Waals surface area (Å²) in [6.45, 7) is 0. The third-order valence-electron chi connectivity index (χ3n) is 9.69. The Morgan fingerprint density at radius 1 is 0.392 bits per heavy atom. The number of rotatable bonds is 6. The van der Waals surface area contributed by atoms with Gasteiger partial charge < -0.3 is 13.7 Å². The molecule has 4 heteroatoms. The third-order valence-corrected chi connectivity index (χ3v) is 9.69. The maximum atomic E-state index is 6.51. The van der Waals surface area contributed by atoms with Gasteiger partial charge in [-0.15, -0.1) is 0 Å². The molecule has 240 valence electrons. The van der Waals surface area contributed by atoms with E-state index in [0.29, 0.717) is 11.5 Å². The van der Waals surface area contributed by atoms with Gasteiger partial charge in [0.15, 0.2) is 5.58 Å². The third kappa shape index (κ3) is 5.13. The van der Waals surface area contributed by atoms with Gasteiger partial charge in [0.1, 0.15) is 16.7 Å². The van der Waals surface area contributed by atoms with Crippen LogP contribution in [-0.2, 0) is 0 Å². The molecule has 0 atom stereocenters. The SMILES string of the molecule is c1ccc(-c2ccc(N(c3ccc(-c4ccc5ccccc5c4)cc3)c3cccc4oc5cc6oc(-c7ccccc7)nc6cc5c34)cc2)cc1. The second kappa shape index (κ2) is 11.9. The molecule has 51 heavy (non-hydrogen) atoms. The quantitative estimate of drug-likeness (QED) is 0.179. The highest BCUT2D eigenvalue weighted by atomic mass is 16.4. The van der Waals surface area contributed by atoms with Gasteiger partial charge in [0, 0.05) is 28.4 Å². The van der Waals surface area contributed by atoms with Crippen LogP contribution in [0.4, 0.5) is 17.1 Å². The minimum atomic E-state index is 0.592. The number of anilines is 3. The first-order chi connectivity index (χ1) is 25.2. The van der Waals surface area contributed by atoms with Crippen molar-refractivity contribution in [2.75, 3.05) is 4.90 Å². The smallest absolute Gasteiger partial charge is 0.227 e. The first-order valence-corrected chi connectivity index (χ1v) is 17.1. The molecular formula is C47H30N2O2. The van der Waals surface area contributed by atoms with E-state index >= 15 is 0 Å². The van der Waals surface area contributed by atoms with Crippen LogP contribution in [0.2, 0.25) is 0 Å². The first kappa shape index (κ1) is 29.0. The van der Waals surface area contributed by atoms with E-state index in [1.54, 1.807) is 0 Å². The fourth-order valence-corrected chi connectivity index (χ4v) is 7.15. The molecule has 0 amide bonds. The molecule has 0 aliphatic carbocycles. The molecule has 0 spiro atoms. The number of hydrogen-bond acceptors (Lipinski definition) is 4. The van der Waals surface area contributed by atoms with Crippen molar-refractivity contribution in [1.29, 1.82) is 0 Å². The first-order valence-electron chi connectivity index (χ1n) is 17.1. The summed E-state index contributed by atoms with van der Waals surface area (Å²) in [6.07, 6.45) is 0. The van der Waals surface area contributed by atoms with Gasteiger partial charge in [0.25, 0.3) is 0 Å². The van der Waals surface area contributed by atoms with Crippen LogP contribution in [0.1, 0.15) is 0 Å². The molecule has 0 aliphatic rings. The Morgan fingerprint density at radius 3 is 1.73 bits per heavy atom. The number of benzene rings is 8. The molecule has 10 rings (SSSR count). The Bertz CT molecular complexity index is 2840. The summed E-state index contributed by atoms with van der Waals surface area (Å²) >= 11 is 0. The van der Waals surface area contributed by atoms with Crippen molar-refractivity contribution in [2.24, 2.45) is 0 Å². The molecule has 0 bridgehead atoms. The molecule has 0 aliphatic heterocycles. The highest BCUT2D eigenvalue weighted by Gasteiger charge is 2.21. The van der Waals surface area contributed by atoms with Gasteiger partial charge in [-0.05, 0) is 93.7 Å². The van der Waals surface area contributed by atoms with Crippen LogP contribution in [0, 0.1) is 0 Å². The Kier molecular flexibility index (Phi) is 6.78. The van der Waals surface area contributed by atoms with E-state index in [0.717, 1.165) is 50.1 Å². The fraction of sp³-hybridized carbons (Fsp3) is 0. The molecule has 0 saturated heterocycles. The zero-order chi connectivity index (χ0) is 33.7. The van der Waals surface area contributed by atoms with Crippen molar-refractivity contribution < 1.29 is 8.83 Å². The summed E-state index contributed by atoms with van der Waals surface area (Å²) < 4.78 is 12.7. The van der Waals surface area contributed by atoms with Gasteiger partial charge in [0.2, 0.25) is 5.89 Å². The van der Waals surface area contributed by atoms with Crippen molar-refractivity contribution in [1.82, 2.24) is 4.98 Å².